The Balaban J connectivity index is 2.08. The molecule has 5 heteroatoms. The molecule has 1 amide bonds. The minimum atomic E-state index is -0.909. The second kappa shape index (κ2) is 6.89. The van der Waals surface area contributed by atoms with Gasteiger partial charge in [0.2, 0.25) is 5.91 Å². The fraction of sp³-hybridized carbons (Fsp3) is 0.375. The van der Waals surface area contributed by atoms with E-state index in [0.717, 1.165) is 10.0 Å². The van der Waals surface area contributed by atoms with Crippen molar-refractivity contribution in [2.24, 2.45) is 11.8 Å². The molecule has 1 aliphatic rings. The number of carboxylic acid groups (broad SMARTS) is 1. The number of carbonyl (C=O) groups excluding carboxylic acids is 1. The van der Waals surface area contributed by atoms with Gasteiger partial charge in [0.25, 0.3) is 0 Å². The monoisotopic (exact) mass is 351 g/mol. The van der Waals surface area contributed by atoms with E-state index < -0.39 is 17.8 Å². The first kappa shape index (κ1) is 15.8. The number of nitrogens with one attached hydrogen (secondary N) is 1. The maximum Gasteiger partial charge on any atom is 0.307 e. The first-order chi connectivity index (χ1) is 10.0. The quantitative estimate of drug-likeness (QED) is 0.818. The van der Waals surface area contributed by atoms with Crippen molar-refractivity contribution in [3.05, 3.63) is 46.5 Å². The molecule has 0 aliphatic heterocycles. The topological polar surface area (TPSA) is 66.4 Å². The summed E-state index contributed by atoms with van der Waals surface area (Å²) in [5.74, 6) is -2.25. The Hall–Kier alpha value is -1.62. The number of aliphatic carboxylic acids is 1. The van der Waals surface area contributed by atoms with Crippen LogP contribution in [0.3, 0.4) is 0 Å². The number of amides is 1. The lowest BCUT2D eigenvalue weighted by Crippen LogP contribution is -2.39. The predicted molar refractivity (Wildman–Crippen MR) is 83.7 cm³/mol. The van der Waals surface area contributed by atoms with Gasteiger partial charge in [-0.05, 0) is 31.4 Å². The molecule has 2 N–H and O–H groups in total. The Labute approximate surface area is 132 Å². The Morgan fingerprint density at radius 2 is 1.86 bits per heavy atom. The molecule has 0 saturated heterocycles. The fourth-order valence-electron chi connectivity index (χ4n) is 2.60. The summed E-state index contributed by atoms with van der Waals surface area (Å²) in [7, 11) is 0. The minimum Gasteiger partial charge on any atom is -0.481 e. The van der Waals surface area contributed by atoms with Crippen molar-refractivity contribution in [3.8, 4) is 0 Å². The first-order valence-electron chi connectivity index (χ1n) is 6.93. The van der Waals surface area contributed by atoms with Gasteiger partial charge >= 0.3 is 5.97 Å². The van der Waals surface area contributed by atoms with E-state index >= 15 is 0 Å². The molecule has 1 aliphatic carbocycles. The lowest BCUT2D eigenvalue weighted by molar-refractivity contribution is -0.147. The van der Waals surface area contributed by atoms with E-state index in [1.165, 1.54) is 0 Å². The van der Waals surface area contributed by atoms with Gasteiger partial charge < -0.3 is 10.4 Å². The normalized spacial score (nSPS) is 22.6. The van der Waals surface area contributed by atoms with Crippen LogP contribution in [-0.4, -0.2) is 17.0 Å². The summed E-state index contributed by atoms with van der Waals surface area (Å²) in [5, 5.41) is 12.2. The zero-order valence-corrected chi connectivity index (χ0v) is 13.3. The molecule has 0 bridgehead atoms. The lowest BCUT2D eigenvalue weighted by Gasteiger charge is -2.26. The largest absolute Gasteiger partial charge is 0.481 e. The summed E-state index contributed by atoms with van der Waals surface area (Å²) >= 11 is 3.46. The van der Waals surface area contributed by atoms with Gasteiger partial charge in [-0.1, -0.05) is 46.3 Å². The molecule has 0 aromatic heterocycles. The number of carbonyl (C=O) groups is 2. The smallest absolute Gasteiger partial charge is 0.307 e. The molecule has 0 fully saturated rings. The van der Waals surface area contributed by atoms with Crippen molar-refractivity contribution in [1.82, 2.24) is 5.32 Å². The number of rotatable bonds is 4. The van der Waals surface area contributed by atoms with Gasteiger partial charge in [-0.25, -0.2) is 0 Å². The summed E-state index contributed by atoms with van der Waals surface area (Å²) in [6.07, 6.45) is 4.61. The third-order valence-corrected chi connectivity index (χ3v) is 4.54. The van der Waals surface area contributed by atoms with Crippen molar-refractivity contribution in [2.45, 2.75) is 25.8 Å². The van der Waals surface area contributed by atoms with Gasteiger partial charge in [0.15, 0.2) is 0 Å². The van der Waals surface area contributed by atoms with E-state index in [9.17, 15) is 14.7 Å². The second-order valence-electron chi connectivity index (χ2n) is 5.25. The molecule has 1 unspecified atom stereocenters. The van der Waals surface area contributed by atoms with Crippen LogP contribution < -0.4 is 5.32 Å². The molecule has 21 heavy (non-hydrogen) atoms. The van der Waals surface area contributed by atoms with E-state index in [1.807, 2.05) is 43.3 Å². The highest BCUT2D eigenvalue weighted by Gasteiger charge is 2.34. The first-order valence-corrected chi connectivity index (χ1v) is 7.72. The average Bonchev–Trinajstić information content (AvgIpc) is 2.47. The number of carboxylic acids is 1. The molecule has 0 spiro atoms. The average molecular weight is 352 g/mol. The molecule has 2 rings (SSSR count). The molecule has 1 aromatic rings. The maximum absolute atomic E-state index is 12.4. The standard InChI is InChI=1S/C16H18BrNO3/c1-10(11-6-4-5-9-14(11)17)18-15(19)12-7-2-3-8-13(12)16(20)21/h2-6,9-10,12-13H,7-8H2,1H3,(H,18,19)(H,20,21)/t10?,12-,13+/m1/s1. The molecule has 0 saturated carbocycles. The number of allylic oxidation sites excluding steroid dienone is 2. The summed E-state index contributed by atoms with van der Waals surface area (Å²) < 4.78 is 0.927. The van der Waals surface area contributed by atoms with E-state index in [-0.39, 0.29) is 11.9 Å². The third kappa shape index (κ3) is 3.73. The Morgan fingerprint density at radius 1 is 1.24 bits per heavy atom. The highest BCUT2D eigenvalue weighted by molar-refractivity contribution is 9.10. The van der Waals surface area contributed by atoms with Crippen LogP contribution in [0.2, 0.25) is 0 Å². The van der Waals surface area contributed by atoms with Crippen LogP contribution in [-0.2, 0) is 9.59 Å². The molecular weight excluding hydrogens is 334 g/mol. The van der Waals surface area contributed by atoms with Crippen molar-refractivity contribution in [3.63, 3.8) is 0 Å². The van der Waals surface area contributed by atoms with Crippen LogP contribution in [0.15, 0.2) is 40.9 Å². The maximum atomic E-state index is 12.4. The zero-order valence-electron chi connectivity index (χ0n) is 11.8. The van der Waals surface area contributed by atoms with E-state index in [0.29, 0.717) is 12.8 Å². The minimum absolute atomic E-state index is 0.173. The van der Waals surface area contributed by atoms with Crippen LogP contribution in [0.1, 0.15) is 31.4 Å². The van der Waals surface area contributed by atoms with Crippen LogP contribution in [0, 0.1) is 11.8 Å². The third-order valence-electron chi connectivity index (χ3n) is 3.82. The Kier molecular flexibility index (Phi) is 5.17. The molecule has 4 nitrogen and oxygen atoms in total. The van der Waals surface area contributed by atoms with Gasteiger partial charge in [-0.2, -0.15) is 0 Å². The number of halogens is 1. The lowest BCUT2D eigenvalue weighted by atomic mass is 9.82. The SMILES string of the molecule is CC(NC(=O)[C@@H]1CC=CC[C@@H]1C(=O)O)c1ccccc1Br. The summed E-state index contributed by atoms with van der Waals surface area (Å²) in [4.78, 5) is 23.6. The van der Waals surface area contributed by atoms with Crippen molar-refractivity contribution < 1.29 is 14.7 Å². The summed E-state index contributed by atoms with van der Waals surface area (Å²) in [6, 6.07) is 7.50. The van der Waals surface area contributed by atoms with Crippen molar-refractivity contribution in [1.29, 1.82) is 0 Å². The van der Waals surface area contributed by atoms with Crippen LogP contribution >= 0.6 is 15.9 Å². The number of hydrogen-bond donors (Lipinski definition) is 2. The van der Waals surface area contributed by atoms with Crippen LogP contribution in [0.5, 0.6) is 0 Å². The van der Waals surface area contributed by atoms with Gasteiger partial charge in [0.1, 0.15) is 0 Å². The Morgan fingerprint density at radius 3 is 2.48 bits per heavy atom. The molecular formula is C16H18BrNO3. The van der Waals surface area contributed by atoms with Gasteiger partial charge in [-0.15, -0.1) is 0 Å². The van der Waals surface area contributed by atoms with Crippen LogP contribution in [0.25, 0.3) is 0 Å². The van der Waals surface area contributed by atoms with Gasteiger partial charge in [0, 0.05) is 4.47 Å². The zero-order chi connectivity index (χ0) is 15.4. The van der Waals surface area contributed by atoms with E-state index in [4.69, 9.17) is 0 Å². The van der Waals surface area contributed by atoms with Crippen LogP contribution in [0.4, 0.5) is 0 Å². The van der Waals surface area contributed by atoms with Crippen molar-refractivity contribution >= 4 is 27.8 Å². The van der Waals surface area contributed by atoms with E-state index in [2.05, 4.69) is 21.2 Å². The summed E-state index contributed by atoms with van der Waals surface area (Å²) in [6.45, 7) is 1.90. The highest BCUT2D eigenvalue weighted by Crippen LogP contribution is 2.28. The molecule has 112 valence electrons. The molecule has 1 aromatic carbocycles. The second-order valence-corrected chi connectivity index (χ2v) is 6.10. The van der Waals surface area contributed by atoms with Gasteiger partial charge in [0.05, 0.1) is 17.9 Å². The highest BCUT2D eigenvalue weighted by atomic mass is 79.9. The summed E-state index contributed by atoms with van der Waals surface area (Å²) in [5.41, 5.74) is 0.976. The number of hydrogen-bond acceptors (Lipinski definition) is 2. The molecule has 0 heterocycles. The predicted octanol–water partition coefficient (Wildman–Crippen LogP) is 3.29. The molecule has 3 atom stereocenters. The van der Waals surface area contributed by atoms with Gasteiger partial charge in [-0.3, -0.25) is 9.59 Å². The number of benzene rings is 1. The Bertz CT molecular complexity index is 570. The van der Waals surface area contributed by atoms with Crippen molar-refractivity contribution in [2.75, 3.05) is 0 Å². The van der Waals surface area contributed by atoms with E-state index in [1.54, 1.807) is 0 Å². The molecule has 0 radical (unpaired) electrons. The fourth-order valence-corrected chi connectivity index (χ4v) is 3.23.